The molecule has 0 aliphatic carbocycles. The number of amides is 1. The van der Waals surface area contributed by atoms with Crippen molar-refractivity contribution in [1.82, 2.24) is 29.2 Å². The van der Waals surface area contributed by atoms with Crippen molar-refractivity contribution in [1.29, 1.82) is 0 Å². The largest absolute Gasteiger partial charge is 0.336 e. The number of carbonyl (C=O) groups excluding carboxylic acids is 1. The van der Waals surface area contributed by atoms with Crippen LogP contribution in [0.15, 0.2) is 84.3 Å². The van der Waals surface area contributed by atoms with E-state index in [9.17, 15) is 4.79 Å². The molecule has 8 heteroatoms. The molecule has 1 aliphatic heterocycles. The molecule has 6 rings (SSSR count). The molecule has 4 heterocycles. The van der Waals surface area contributed by atoms with Crippen LogP contribution in [0, 0.1) is 0 Å². The van der Waals surface area contributed by atoms with Crippen LogP contribution in [0.5, 0.6) is 0 Å². The van der Waals surface area contributed by atoms with Gasteiger partial charge in [-0.05, 0) is 35.9 Å². The van der Waals surface area contributed by atoms with Crippen molar-refractivity contribution in [3.8, 4) is 0 Å². The Labute approximate surface area is 207 Å². The van der Waals surface area contributed by atoms with Gasteiger partial charge in [0.05, 0.1) is 16.7 Å². The molecule has 1 amide bonds. The number of benzene rings is 2. The Bertz CT molecular complexity index is 1420. The highest BCUT2D eigenvalue weighted by Crippen LogP contribution is 2.25. The first kappa shape index (κ1) is 21.9. The highest BCUT2D eigenvalue weighted by molar-refractivity contribution is 7.98. The van der Waals surface area contributed by atoms with Gasteiger partial charge in [0, 0.05) is 56.4 Å². The molecule has 1 aliphatic rings. The number of hydrogen-bond acceptors (Lipinski definition) is 5. The number of nitrogens with zero attached hydrogens (tertiary/aromatic N) is 5. The number of piperazine rings is 1. The maximum absolute atomic E-state index is 13.4. The van der Waals surface area contributed by atoms with E-state index < -0.39 is 0 Å². The second-order valence-corrected chi connectivity index (χ2v) is 9.74. The molecule has 176 valence electrons. The van der Waals surface area contributed by atoms with E-state index in [1.165, 1.54) is 0 Å². The van der Waals surface area contributed by atoms with Gasteiger partial charge in [-0.2, -0.15) is 0 Å². The summed E-state index contributed by atoms with van der Waals surface area (Å²) in [6, 6.07) is 22.0. The average molecular weight is 483 g/mol. The van der Waals surface area contributed by atoms with E-state index >= 15 is 0 Å². The quantitative estimate of drug-likeness (QED) is 0.362. The lowest BCUT2D eigenvalue weighted by molar-refractivity contribution is 0.0626. The molecular formula is C27H26N6OS. The summed E-state index contributed by atoms with van der Waals surface area (Å²) in [5.74, 6) is 0.799. The first-order valence-electron chi connectivity index (χ1n) is 11.8. The molecule has 35 heavy (non-hydrogen) atoms. The van der Waals surface area contributed by atoms with Gasteiger partial charge in [0.25, 0.3) is 5.91 Å². The van der Waals surface area contributed by atoms with E-state index in [4.69, 9.17) is 4.98 Å². The SMILES string of the molecule is O=C(c1ccccc1CSc1nc2ccccc2[nH]1)N1CCN(Cc2cn3ccccc3n2)CC1. The monoisotopic (exact) mass is 482 g/mol. The lowest BCUT2D eigenvalue weighted by Gasteiger charge is -2.34. The molecule has 0 unspecified atom stereocenters. The molecule has 0 atom stereocenters. The second kappa shape index (κ2) is 9.56. The normalized spacial score (nSPS) is 14.7. The van der Waals surface area contributed by atoms with Crippen LogP contribution in [0.4, 0.5) is 0 Å². The topological polar surface area (TPSA) is 69.5 Å². The van der Waals surface area contributed by atoms with E-state index in [1.807, 2.05) is 77.8 Å². The smallest absolute Gasteiger partial charge is 0.254 e. The lowest BCUT2D eigenvalue weighted by Crippen LogP contribution is -2.48. The molecule has 1 N–H and O–H groups in total. The van der Waals surface area contributed by atoms with Crippen molar-refractivity contribution >= 4 is 34.3 Å². The number of imidazole rings is 2. The van der Waals surface area contributed by atoms with Crippen LogP contribution in [0.1, 0.15) is 21.6 Å². The van der Waals surface area contributed by atoms with Gasteiger partial charge in [0.2, 0.25) is 0 Å². The fourth-order valence-corrected chi connectivity index (χ4v) is 5.46. The van der Waals surface area contributed by atoms with Crippen LogP contribution in [-0.2, 0) is 12.3 Å². The Hall–Kier alpha value is -3.62. The van der Waals surface area contributed by atoms with Crippen molar-refractivity contribution in [2.75, 3.05) is 26.2 Å². The molecule has 0 spiro atoms. The van der Waals surface area contributed by atoms with Gasteiger partial charge in [-0.3, -0.25) is 9.69 Å². The van der Waals surface area contributed by atoms with Crippen molar-refractivity contribution < 1.29 is 4.79 Å². The standard InChI is InChI=1S/C27H26N6OS/c34-26(32-15-13-31(14-16-32)17-21-18-33-12-6-5-11-25(33)28-21)22-8-2-1-7-20(22)19-35-27-29-23-9-3-4-10-24(23)30-27/h1-12,18H,13-17,19H2,(H,29,30). The van der Waals surface area contributed by atoms with Gasteiger partial charge in [-0.15, -0.1) is 0 Å². The first-order valence-corrected chi connectivity index (χ1v) is 12.8. The van der Waals surface area contributed by atoms with Crippen molar-refractivity contribution in [3.05, 3.63) is 95.9 Å². The Morgan fingerprint density at radius 2 is 1.71 bits per heavy atom. The van der Waals surface area contributed by atoms with Crippen LogP contribution < -0.4 is 0 Å². The van der Waals surface area contributed by atoms with E-state index in [0.717, 1.165) is 71.4 Å². The molecule has 1 saturated heterocycles. The third kappa shape index (κ3) is 4.67. The molecule has 1 fully saturated rings. The molecule has 0 saturated carbocycles. The Morgan fingerprint density at radius 3 is 2.57 bits per heavy atom. The fourth-order valence-electron chi connectivity index (χ4n) is 4.57. The van der Waals surface area contributed by atoms with Gasteiger partial charge in [0.15, 0.2) is 5.16 Å². The van der Waals surface area contributed by atoms with Crippen molar-refractivity contribution in [3.63, 3.8) is 0 Å². The summed E-state index contributed by atoms with van der Waals surface area (Å²) in [4.78, 5) is 30.5. The second-order valence-electron chi connectivity index (χ2n) is 8.77. The summed E-state index contributed by atoms with van der Waals surface area (Å²) in [6.07, 6.45) is 4.11. The summed E-state index contributed by atoms with van der Waals surface area (Å²) in [7, 11) is 0. The van der Waals surface area contributed by atoms with E-state index in [1.54, 1.807) is 11.8 Å². The molecule has 2 aromatic carbocycles. The van der Waals surface area contributed by atoms with E-state index in [-0.39, 0.29) is 5.91 Å². The fraction of sp³-hybridized carbons (Fsp3) is 0.222. The minimum absolute atomic E-state index is 0.109. The first-order chi connectivity index (χ1) is 17.2. The van der Waals surface area contributed by atoms with Crippen LogP contribution >= 0.6 is 11.8 Å². The van der Waals surface area contributed by atoms with Crippen LogP contribution in [0.2, 0.25) is 0 Å². The van der Waals surface area contributed by atoms with E-state index in [2.05, 4.69) is 25.5 Å². The van der Waals surface area contributed by atoms with Gasteiger partial charge < -0.3 is 14.3 Å². The number of fused-ring (bicyclic) bond motifs is 2. The molecule has 0 bridgehead atoms. The number of hydrogen-bond donors (Lipinski definition) is 1. The molecule has 3 aromatic heterocycles. The summed E-state index contributed by atoms with van der Waals surface area (Å²) >= 11 is 1.63. The third-order valence-corrected chi connectivity index (χ3v) is 7.36. The minimum atomic E-state index is 0.109. The van der Waals surface area contributed by atoms with E-state index in [0.29, 0.717) is 5.75 Å². The van der Waals surface area contributed by atoms with Gasteiger partial charge in [-0.1, -0.05) is 48.2 Å². The summed E-state index contributed by atoms with van der Waals surface area (Å²) in [5, 5.41) is 0.869. The number of pyridine rings is 1. The summed E-state index contributed by atoms with van der Waals surface area (Å²) < 4.78 is 2.05. The maximum atomic E-state index is 13.4. The predicted molar refractivity (Wildman–Crippen MR) is 138 cm³/mol. The zero-order chi connectivity index (χ0) is 23.6. The van der Waals surface area contributed by atoms with Gasteiger partial charge >= 0.3 is 0 Å². The van der Waals surface area contributed by atoms with Crippen molar-refractivity contribution in [2.24, 2.45) is 0 Å². The molecule has 5 aromatic rings. The van der Waals surface area contributed by atoms with Crippen molar-refractivity contribution in [2.45, 2.75) is 17.5 Å². The number of rotatable bonds is 6. The number of para-hydroxylation sites is 2. The number of aromatic nitrogens is 4. The Balaban J connectivity index is 1.08. The van der Waals surface area contributed by atoms with Crippen LogP contribution in [0.25, 0.3) is 16.7 Å². The molecular weight excluding hydrogens is 456 g/mol. The van der Waals surface area contributed by atoms with Crippen LogP contribution in [0.3, 0.4) is 0 Å². The maximum Gasteiger partial charge on any atom is 0.254 e. The minimum Gasteiger partial charge on any atom is -0.336 e. The third-order valence-electron chi connectivity index (χ3n) is 6.44. The zero-order valence-electron chi connectivity index (χ0n) is 19.3. The average Bonchev–Trinajstić information content (AvgIpc) is 3.51. The number of H-pyrrole nitrogens is 1. The highest BCUT2D eigenvalue weighted by Gasteiger charge is 2.24. The molecule has 7 nitrogen and oxygen atoms in total. The number of nitrogens with one attached hydrogen (secondary N) is 1. The number of thioether (sulfide) groups is 1. The van der Waals surface area contributed by atoms with Gasteiger partial charge in [0.1, 0.15) is 5.65 Å². The summed E-state index contributed by atoms with van der Waals surface area (Å²) in [6.45, 7) is 3.92. The zero-order valence-corrected chi connectivity index (χ0v) is 20.1. The highest BCUT2D eigenvalue weighted by atomic mass is 32.2. The van der Waals surface area contributed by atoms with Gasteiger partial charge in [-0.25, -0.2) is 9.97 Å². The molecule has 0 radical (unpaired) electrons. The van der Waals surface area contributed by atoms with Crippen LogP contribution in [-0.4, -0.2) is 61.2 Å². The number of carbonyl (C=O) groups is 1. The number of aromatic amines is 1. The Kier molecular flexibility index (Phi) is 5.98. The summed E-state index contributed by atoms with van der Waals surface area (Å²) in [5.41, 5.74) is 5.83. The predicted octanol–water partition coefficient (Wildman–Crippen LogP) is 4.46. The lowest BCUT2D eigenvalue weighted by atomic mass is 10.1. The Morgan fingerprint density at radius 1 is 0.914 bits per heavy atom.